The Balaban J connectivity index is 2.01. The van der Waals surface area contributed by atoms with E-state index in [1.165, 1.54) is 0 Å². The Morgan fingerprint density at radius 3 is 2.83 bits per heavy atom. The molecule has 0 aromatic carbocycles. The largest absolute Gasteiger partial charge is 0.381 e. The Bertz CT molecular complexity index is 394. The Morgan fingerprint density at radius 2 is 2.22 bits per heavy atom. The van der Waals surface area contributed by atoms with Gasteiger partial charge >= 0.3 is 0 Å². The summed E-state index contributed by atoms with van der Waals surface area (Å²) in [6, 6.07) is 1.89. The van der Waals surface area contributed by atoms with Crippen LogP contribution in [0.4, 0.5) is 5.82 Å². The predicted octanol–water partition coefficient (Wildman–Crippen LogP) is 2.06. The number of nitrogens with two attached hydrogens (primary N) is 1. The van der Waals surface area contributed by atoms with Gasteiger partial charge in [0, 0.05) is 39.5 Å². The summed E-state index contributed by atoms with van der Waals surface area (Å²) in [7, 11) is 2.03. The Hall–Kier alpha value is -0.840. The molecule has 1 aromatic heterocycles. The van der Waals surface area contributed by atoms with Crippen molar-refractivity contribution in [3.63, 3.8) is 0 Å². The van der Waals surface area contributed by atoms with Gasteiger partial charge in [0.25, 0.3) is 0 Å². The third kappa shape index (κ3) is 3.34. The van der Waals surface area contributed by atoms with Crippen LogP contribution in [0.2, 0.25) is 5.02 Å². The van der Waals surface area contributed by atoms with Crippen LogP contribution in [0.3, 0.4) is 0 Å². The van der Waals surface area contributed by atoms with Crippen molar-refractivity contribution in [2.45, 2.75) is 19.4 Å². The normalized spacial score (nSPS) is 16.8. The first-order valence-corrected chi connectivity index (χ1v) is 6.72. The van der Waals surface area contributed by atoms with Crippen LogP contribution in [-0.2, 0) is 11.3 Å². The fraction of sp³-hybridized carbons (Fsp3) is 0.615. The highest BCUT2D eigenvalue weighted by Crippen LogP contribution is 2.25. The maximum atomic E-state index is 6.24. The lowest BCUT2D eigenvalue weighted by atomic mass is 10.00. The fourth-order valence-electron chi connectivity index (χ4n) is 2.27. The molecule has 1 aliphatic heterocycles. The van der Waals surface area contributed by atoms with Gasteiger partial charge in [0.1, 0.15) is 5.82 Å². The maximum absolute atomic E-state index is 6.24. The van der Waals surface area contributed by atoms with Gasteiger partial charge in [-0.25, -0.2) is 4.98 Å². The van der Waals surface area contributed by atoms with E-state index in [1.807, 2.05) is 13.1 Å². The summed E-state index contributed by atoms with van der Waals surface area (Å²) >= 11 is 6.24. The zero-order valence-electron chi connectivity index (χ0n) is 10.7. The van der Waals surface area contributed by atoms with E-state index in [0.29, 0.717) is 17.5 Å². The summed E-state index contributed by atoms with van der Waals surface area (Å²) in [5, 5.41) is 0.674. The minimum absolute atomic E-state index is 0.469. The molecule has 0 saturated carbocycles. The average Bonchev–Trinajstić information content (AvgIpc) is 2.39. The SMILES string of the molecule is CN(CC1CCOCC1)c1ncc(CN)cc1Cl. The average molecular weight is 270 g/mol. The Labute approximate surface area is 113 Å². The molecule has 0 unspecified atom stereocenters. The molecule has 1 aliphatic rings. The fourth-order valence-corrected chi connectivity index (χ4v) is 2.60. The quantitative estimate of drug-likeness (QED) is 0.909. The van der Waals surface area contributed by atoms with E-state index in [-0.39, 0.29) is 0 Å². The molecule has 1 saturated heterocycles. The highest BCUT2D eigenvalue weighted by atomic mass is 35.5. The number of anilines is 1. The van der Waals surface area contributed by atoms with Crippen molar-refractivity contribution in [3.8, 4) is 0 Å². The summed E-state index contributed by atoms with van der Waals surface area (Å²) in [6.45, 7) is 3.17. The number of ether oxygens (including phenoxy) is 1. The number of hydrogen-bond acceptors (Lipinski definition) is 4. The lowest BCUT2D eigenvalue weighted by Gasteiger charge is -2.28. The number of halogens is 1. The molecule has 4 nitrogen and oxygen atoms in total. The number of pyridine rings is 1. The predicted molar refractivity (Wildman–Crippen MR) is 74.0 cm³/mol. The first-order valence-electron chi connectivity index (χ1n) is 6.34. The monoisotopic (exact) mass is 269 g/mol. The second kappa shape index (κ2) is 6.36. The topological polar surface area (TPSA) is 51.4 Å². The molecular formula is C13H20ClN3O. The van der Waals surface area contributed by atoms with E-state index in [0.717, 1.165) is 44.0 Å². The van der Waals surface area contributed by atoms with E-state index < -0.39 is 0 Å². The standard InChI is InChI=1S/C13H20ClN3O/c1-17(9-10-2-4-18-5-3-10)13-12(14)6-11(7-15)8-16-13/h6,8,10H,2-5,7,9,15H2,1H3. The molecular weight excluding hydrogens is 250 g/mol. The van der Waals surface area contributed by atoms with Crippen LogP contribution in [0.1, 0.15) is 18.4 Å². The summed E-state index contributed by atoms with van der Waals surface area (Å²) in [6.07, 6.45) is 4.02. The van der Waals surface area contributed by atoms with Crippen LogP contribution in [0.25, 0.3) is 0 Å². The van der Waals surface area contributed by atoms with Gasteiger partial charge < -0.3 is 15.4 Å². The van der Waals surface area contributed by atoms with Crippen molar-refractivity contribution in [1.82, 2.24) is 4.98 Å². The third-order valence-corrected chi connectivity index (χ3v) is 3.63. The van der Waals surface area contributed by atoms with Gasteiger partial charge in [0.2, 0.25) is 0 Å². The second-order valence-electron chi connectivity index (χ2n) is 4.79. The van der Waals surface area contributed by atoms with E-state index in [9.17, 15) is 0 Å². The molecule has 1 fully saturated rings. The van der Waals surface area contributed by atoms with Crippen molar-refractivity contribution in [3.05, 3.63) is 22.8 Å². The summed E-state index contributed by atoms with van der Waals surface area (Å²) in [5.74, 6) is 1.50. The molecule has 1 aromatic rings. The highest BCUT2D eigenvalue weighted by molar-refractivity contribution is 6.33. The van der Waals surface area contributed by atoms with Gasteiger partial charge in [-0.15, -0.1) is 0 Å². The Morgan fingerprint density at radius 1 is 1.50 bits per heavy atom. The summed E-state index contributed by atoms with van der Waals surface area (Å²) in [4.78, 5) is 6.52. The smallest absolute Gasteiger partial charge is 0.147 e. The van der Waals surface area contributed by atoms with Crippen LogP contribution in [-0.4, -0.2) is 31.8 Å². The van der Waals surface area contributed by atoms with Crippen molar-refractivity contribution >= 4 is 17.4 Å². The van der Waals surface area contributed by atoms with Gasteiger partial charge in [-0.05, 0) is 30.4 Å². The highest BCUT2D eigenvalue weighted by Gasteiger charge is 2.17. The van der Waals surface area contributed by atoms with Gasteiger partial charge in [-0.2, -0.15) is 0 Å². The molecule has 0 amide bonds. The van der Waals surface area contributed by atoms with E-state index >= 15 is 0 Å². The van der Waals surface area contributed by atoms with Crippen LogP contribution >= 0.6 is 11.6 Å². The molecule has 0 spiro atoms. The van der Waals surface area contributed by atoms with Crippen molar-refractivity contribution in [2.24, 2.45) is 11.7 Å². The zero-order valence-corrected chi connectivity index (χ0v) is 11.5. The summed E-state index contributed by atoms with van der Waals surface area (Å²) in [5.41, 5.74) is 6.53. The molecule has 0 bridgehead atoms. The third-order valence-electron chi connectivity index (χ3n) is 3.35. The van der Waals surface area contributed by atoms with Gasteiger partial charge in [0.15, 0.2) is 0 Å². The number of nitrogens with zero attached hydrogens (tertiary/aromatic N) is 2. The van der Waals surface area contributed by atoms with Gasteiger partial charge in [0.05, 0.1) is 5.02 Å². The lowest BCUT2D eigenvalue weighted by Crippen LogP contribution is -2.30. The maximum Gasteiger partial charge on any atom is 0.147 e. The zero-order chi connectivity index (χ0) is 13.0. The Kier molecular flexibility index (Phi) is 4.80. The lowest BCUT2D eigenvalue weighted by molar-refractivity contribution is 0.0685. The van der Waals surface area contributed by atoms with Crippen LogP contribution in [0.15, 0.2) is 12.3 Å². The minimum atomic E-state index is 0.469. The molecule has 0 atom stereocenters. The van der Waals surface area contributed by atoms with E-state index in [1.54, 1.807) is 6.20 Å². The van der Waals surface area contributed by atoms with Gasteiger partial charge in [-0.1, -0.05) is 11.6 Å². The number of aromatic nitrogens is 1. The molecule has 100 valence electrons. The van der Waals surface area contributed by atoms with Gasteiger partial charge in [-0.3, -0.25) is 0 Å². The molecule has 0 aliphatic carbocycles. The number of hydrogen-bond donors (Lipinski definition) is 1. The molecule has 2 rings (SSSR count). The number of rotatable bonds is 4. The first kappa shape index (κ1) is 13.6. The van der Waals surface area contributed by atoms with E-state index in [2.05, 4.69) is 9.88 Å². The van der Waals surface area contributed by atoms with Crippen LogP contribution in [0, 0.1) is 5.92 Å². The molecule has 5 heteroatoms. The van der Waals surface area contributed by atoms with Crippen molar-refractivity contribution in [1.29, 1.82) is 0 Å². The van der Waals surface area contributed by atoms with Crippen LogP contribution in [0.5, 0.6) is 0 Å². The van der Waals surface area contributed by atoms with Crippen molar-refractivity contribution < 1.29 is 4.74 Å². The molecule has 18 heavy (non-hydrogen) atoms. The summed E-state index contributed by atoms with van der Waals surface area (Å²) < 4.78 is 5.37. The van der Waals surface area contributed by atoms with Crippen molar-refractivity contribution in [2.75, 3.05) is 31.7 Å². The first-order chi connectivity index (χ1) is 8.70. The molecule has 0 radical (unpaired) electrons. The van der Waals surface area contributed by atoms with E-state index in [4.69, 9.17) is 22.1 Å². The minimum Gasteiger partial charge on any atom is -0.381 e. The molecule has 2 N–H and O–H groups in total. The van der Waals surface area contributed by atoms with Crippen LogP contribution < -0.4 is 10.6 Å². The molecule has 2 heterocycles. The second-order valence-corrected chi connectivity index (χ2v) is 5.20.